The lowest BCUT2D eigenvalue weighted by molar-refractivity contribution is -0.127. The summed E-state index contributed by atoms with van der Waals surface area (Å²) in [6, 6.07) is 6.65. The molecule has 8 heteroatoms. The summed E-state index contributed by atoms with van der Waals surface area (Å²) in [5.41, 5.74) is 0.521. The van der Waals surface area contributed by atoms with E-state index in [1.165, 1.54) is 11.0 Å². The second kappa shape index (κ2) is 6.29. The summed E-state index contributed by atoms with van der Waals surface area (Å²) in [6.45, 7) is 4.10. The summed E-state index contributed by atoms with van der Waals surface area (Å²) in [5.74, 6) is -0.552. The van der Waals surface area contributed by atoms with E-state index in [0.29, 0.717) is 38.5 Å². The Morgan fingerprint density at radius 2 is 1.96 bits per heavy atom. The lowest BCUT2D eigenvalue weighted by Gasteiger charge is -2.31. The van der Waals surface area contributed by atoms with E-state index in [0.717, 1.165) is 6.42 Å². The number of carbonyl (C=O) groups is 1. The minimum absolute atomic E-state index is 0.139. The Morgan fingerprint density at radius 1 is 1.26 bits per heavy atom. The number of hydrogen-bond donors (Lipinski definition) is 0. The molecule has 7 nitrogen and oxygen atoms in total. The highest BCUT2D eigenvalue weighted by Gasteiger charge is 2.39. The van der Waals surface area contributed by atoms with Crippen molar-refractivity contribution in [3.63, 3.8) is 0 Å². The molecule has 1 amide bonds. The molecular formula is C15H19N3O4S. The van der Waals surface area contributed by atoms with Gasteiger partial charge in [0.05, 0.1) is 23.8 Å². The minimum atomic E-state index is -3.91. The Morgan fingerprint density at radius 3 is 2.65 bits per heavy atom. The standard InChI is InChI=1S/C15H19N3O4S/c1-2-7-18-12-5-3-4-6-13(12)23(20,21)14(16-18)15(19)17-8-10-22-11-9-17/h3-6H,2,7-11H2,1H3. The Hall–Kier alpha value is -1.93. The van der Waals surface area contributed by atoms with Gasteiger partial charge in [0.1, 0.15) is 0 Å². The second-order valence-corrected chi connectivity index (χ2v) is 7.24. The fraction of sp³-hybridized carbons (Fsp3) is 0.467. The van der Waals surface area contributed by atoms with Crippen LogP contribution in [0.5, 0.6) is 0 Å². The summed E-state index contributed by atoms with van der Waals surface area (Å²) in [7, 11) is -3.91. The van der Waals surface area contributed by atoms with Gasteiger partial charge in [0.2, 0.25) is 14.9 Å². The third kappa shape index (κ3) is 2.84. The van der Waals surface area contributed by atoms with Crippen LogP contribution < -0.4 is 5.01 Å². The maximum Gasteiger partial charge on any atom is 0.286 e. The van der Waals surface area contributed by atoms with Gasteiger partial charge in [-0.2, -0.15) is 5.10 Å². The van der Waals surface area contributed by atoms with Gasteiger partial charge >= 0.3 is 0 Å². The number of morpholine rings is 1. The molecule has 124 valence electrons. The number of ether oxygens (including phenoxy) is 1. The molecular weight excluding hydrogens is 318 g/mol. The van der Waals surface area contributed by atoms with Crippen molar-refractivity contribution in [3.05, 3.63) is 24.3 Å². The number of hydrogen-bond acceptors (Lipinski definition) is 6. The number of carbonyl (C=O) groups excluding carboxylic acids is 1. The number of sulfone groups is 1. The van der Waals surface area contributed by atoms with Crippen molar-refractivity contribution < 1.29 is 17.9 Å². The van der Waals surface area contributed by atoms with E-state index in [2.05, 4.69) is 5.10 Å². The quantitative estimate of drug-likeness (QED) is 0.817. The normalized spacial score (nSPS) is 20.0. The van der Waals surface area contributed by atoms with Gasteiger partial charge in [0.25, 0.3) is 5.91 Å². The molecule has 0 atom stereocenters. The molecule has 2 aliphatic rings. The molecule has 2 heterocycles. The number of anilines is 1. The molecule has 1 fully saturated rings. The van der Waals surface area contributed by atoms with Gasteiger partial charge in [-0.3, -0.25) is 9.80 Å². The molecule has 1 aromatic rings. The van der Waals surface area contributed by atoms with Crippen LogP contribution in [0.25, 0.3) is 0 Å². The van der Waals surface area contributed by atoms with E-state index in [9.17, 15) is 13.2 Å². The van der Waals surface area contributed by atoms with Crippen molar-refractivity contribution in [3.8, 4) is 0 Å². The van der Waals surface area contributed by atoms with Crippen LogP contribution in [0.15, 0.2) is 34.3 Å². The second-order valence-electron chi connectivity index (χ2n) is 5.40. The number of hydrazone groups is 1. The number of nitrogens with zero attached hydrogens (tertiary/aromatic N) is 3. The van der Waals surface area contributed by atoms with Crippen molar-refractivity contribution in [2.24, 2.45) is 5.10 Å². The van der Waals surface area contributed by atoms with Gasteiger partial charge in [-0.05, 0) is 18.6 Å². The monoisotopic (exact) mass is 337 g/mol. The molecule has 0 N–H and O–H groups in total. The first-order valence-corrected chi connectivity index (χ1v) is 9.11. The molecule has 1 aromatic carbocycles. The van der Waals surface area contributed by atoms with Gasteiger partial charge in [-0.15, -0.1) is 0 Å². The van der Waals surface area contributed by atoms with Gasteiger partial charge in [0, 0.05) is 19.6 Å². The van der Waals surface area contributed by atoms with Crippen LogP contribution in [0.3, 0.4) is 0 Å². The summed E-state index contributed by atoms with van der Waals surface area (Å²) >= 11 is 0. The molecule has 0 aliphatic carbocycles. The van der Waals surface area contributed by atoms with Crippen molar-refractivity contribution in [2.45, 2.75) is 18.2 Å². The molecule has 0 unspecified atom stereocenters. The largest absolute Gasteiger partial charge is 0.378 e. The number of amides is 1. The molecule has 0 bridgehead atoms. The molecule has 0 radical (unpaired) electrons. The van der Waals surface area contributed by atoms with Crippen molar-refractivity contribution >= 4 is 26.5 Å². The summed E-state index contributed by atoms with van der Waals surface area (Å²) in [6.07, 6.45) is 0.789. The lowest BCUT2D eigenvalue weighted by Crippen LogP contribution is -2.47. The van der Waals surface area contributed by atoms with E-state index < -0.39 is 20.8 Å². The Balaban J connectivity index is 2.03. The topological polar surface area (TPSA) is 79.3 Å². The SMILES string of the molecule is CCCN1N=C(C(=O)N2CCOCC2)S(=O)(=O)c2ccccc21. The molecule has 1 saturated heterocycles. The molecule has 0 saturated carbocycles. The van der Waals surface area contributed by atoms with Crippen molar-refractivity contribution in [1.82, 2.24) is 4.90 Å². The van der Waals surface area contributed by atoms with Gasteiger partial charge in [0.15, 0.2) is 0 Å². The Bertz CT molecular complexity index is 739. The van der Waals surface area contributed by atoms with Gasteiger partial charge < -0.3 is 9.64 Å². The molecule has 23 heavy (non-hydrogen) atoms. The predicted octanol–water partition coefficient (Wildman–Crippen LogP) is 0.863. The first kappa shape index (κ1) is 15.9. The number of benzene rings is 1. The van der Waals surface area contributed by atoms with Crippen LogP contribution in [0.2, 0.25) is 0 Å². The average Bonchev–Trinajstić information content (AvgIpc) is 2.58. The fourth-order valence-electron chi connectivity index (χ4n) is 2.66. The lowest BCUT2D eigenvalue weighted by atomic mass is 10.3. The van der Waals surface area contributed by atoms with Crippen LogP contribution in [0.1, 0.15) is 13.3 Å². The minimum Gasteiger partial charge on any atom is -0.378 e. The first-order valence-electron chi connectivity index (χ1n) is 7.63. The van der Waals surface area contributed by atoms with E-state index in [-0.39, 0.29) is 4.90 Å². The third-order valence-corrected chi connectivity index (χ3v) is 5.51. The zero-order valence-electron chi connectivity index (χ0n) is 12.9. The van der Waals surface area contributed by atoms with Crippen molar-refractivity contribution in [2.75, 3.05) is 37.9 Å². The molecule has 2 aliphatic heterocycles. The van der Waals surface area contributed by atoms with Crippen LogP contribution in [0, 0.1) is 0 Å². The Kier molecular flexibility index (Phi) is 4.36. The van der Waals surface area contributed by atoms with E-state index >= 15 is 0 Å². The molecule has 3 rings (SSSR count). The van der Waals surface area contributed by atoms with E-state index in [1.807, 2.05) is 6.92 Å². The predicted molar refractivity (Wildman–Crippen MR) is 86.1 cm³/mol. The Labute approximate surface area is 135 Å². The smallest absolute Gasteiger partial charge is 0.286 e. The molecule has 0 spiro atoms. The number of rotatable bonds is 3. The maximum absolute atomic E-state index is 12.8. The third-order valence-electron chi connectivity index (χ3n) is 3.82. The van der Waals surface area contributed by atoms with Crippen LogP contribution in [-0.4, -0.2) is 57.1 Å². The zero-order chi connectivity index (χ0) is 16.4. The summed E-state index contributed by atoms with van der Waals surface area (Å²) in [4.78, 5) is 14.3. The summed E-state index contributed by atoms with van der Waals surface area (Å²) in [5, 5.41) is 5.38. The highest BCUT2D eigenvalue weighted by molar-refractivity contribution is 8.08. The van der Waals surface area contributed by atoms with Gasteiger partial charge in [-0.25, -0.2) is 8.42 Å². The van der Waals surface area contributed by atoms with Crippen molar-refractivity contribution in [1.29, 1.82) is 0 Å². The molecule has 0 aromatic heterocycles. The highest BCUT2D eigenvalue weighted by Crippen LogP contribution is 2.32. The van der Waals surface area contributed by atoms with E-state index in [1.54, 1.807) is 23.2 Å². The van der Waals surface area contributed by atoms with E-state index in [4.69, 9.17) is 4.74 Å². The zero-order valence-corrected chi connectivity index (χ0v) is 13.8. The fourth-order valence-corrected chi connectivity index (χ4v) is 4.14. The maximum atomic E-state index is 12.8. The van der Waals surface area contributed by atoms with Crippen LogP contribution in [-0.2, 0) is 19.4 Å². The van der Waals surface area contributed by atoms with Crippen LogP contribution in [0.4, 0.5) is 5.69 Å². The summed E-state index contributed by atoms with van der Waals surface area (Å²) < 4.78 is 30.8. The first-order chi connectivity index (χ1) is 11.1. The average molecular weight is 337 g/mol. The number of para-hydroxylation sites is 1. The van der Waals surface area contributed by atoms with Crippen LogP contribution >= 0.6 is 0 Å². The number of fused-ring (bicyclic) bond motifs is 1. The highest BCUT2D eigenvalue weighted by atomic mass is 32.2. The van der Waals surface area contributed by atoms with Gasteiger partial charge in [-0.1, -0.05) is 19.1 Å².